The van der Waals surface area contributed by atoms with Gasteiger partial charge < -0.3 is 9.64 Å². The zero-order valence-electron chi connectivity index (χ0n) is 14.4. The van der Waals surface area contributed by atoms with Crippen LogP contribution in [0.3, 0.4) is 0 Å². The van der Waals surface area contributed by atoms with Crippen LogP contribution in [0.1, 0.15) is 17.5 Å². The molecule has 1 atom stereocenters. The number of nitrogens with zero attached hydrogens (tertiary/aromatic N) is 2. The van der Waals surface area contributed by atoms with Crippen molar-refractivity contribution >= 4 is 27.6 Å². The Labute approximate surface area is 162 Å². The summed E-state index contributed by atoms with van der Waals surface area (Å²) in [5.41, 5.74) is -1.02. The summed E-state index contributed by atoms with van der Waals surface area (Å²) in [6, 6.07) is 11.2. The van der Waals surface area contributed by atoms with Crippen LogP contribution < -0.4 is 9.64 Å². The first-order valence-corrected chi connectivity index (χ1v) is 9.16. The van der Waals surface area contributed by atoms with E-state index < -0.39 is 17.7 Å². The first-order chi connectivity index (χ1) is 12.8. The lowest BCUT2D eigenvalue weighted by Crippen LogP contribution is -2.71. The average molecular weight is 441 g/mol. The van der Waals surface area contributed by atoms with E-state index in [-0.39, 0.29) is 25.1 Å². The lowest BCUT2D eigenvalue weighted by atomic mass is 9.75. The number of benzene rings is 2. The average Bonchev–Trinajstić information content (AvgIpc) is 2.58. The van der Waals surface area contributed by atoms with Gasteiger partial charge in [-0.15, -0.1) is 0 Å². The van der Waals surface area contributed by atoms with Gasteiger partial charge in [0.15, 0.2) is 5.54 Å². The quantitative estimate of drug-likeness (QED) is 0.667. The Hall–Kier alpha value is -2.22. The molecule has 0 N–H and O–H groups in total. The van der Waals surface area contributed by atoms with Crippen LogP contribution in [-0.2, 0) is 12.1 Å². The highest BCUT2D eigenvalue weighted by atomic mass is 79.9. The number of ether oxygens (including phenoxy) is 1. The van der Waals surface area contributed by atoms with Crippen LogP contribution >= 0.6 is 15.9 Å². The maximum absolute atomic E-state index is 14.0. The Morgan fingerprint density at radius 3 is 2.44 bits per heavy atom. The minimum absolute atomic E-state index is 0.0867. The molecule has 4 rings (SSSR count). The van der Waals surface area contributed by atoms with Crippen LogP contribution in [0.4, 0.5) is 23.7 Å². The molecule has 2 aromatic rings. The van der Waals surface area contributed by atoms with E-state index >= 15 is 0 Å². The predicted octanol–water partition coefficient (Wildman–Crippen LogP) is 5.06. The highest BCUT2D eigenvalue weighted by Crippen LogP contribution is 2.57. The Bertz CT molecular complexity index is 901. The number of amides is 2. The zero-order chi connectivity index (χ0) is 19.4. The van der Waals surface area contributed by atoms with Crippen LogP contribution in [0.25, 0.3) is 0 Å². The maximum atomic E-state index is 14.0. The molecule has 0 saturated carbocycles. The number of hydrogen-bond donors (Lipinski definition) is 0. The minimum atomic E-state index is -4.54. The third-order valence-electron chi connectivity index (χ3n) is 5.28. The summed E-state index contributed by atoms with van der Waals surface area (Å²) in [4.78, 5) is 15.3. The van der Waals surface area contributed by atoms with E-state index in [0.29, 0.717) is 15.9 Å². The number of halogens is 4. The molecule has 0 aliphatic carbocycles. The van der Waals surface area contributed by atoms with Crippen molar-refractivity contribution in [1.29, 1.82) is 0 Å². The third-order valence-corrected chi connectivity index (χ3v) is 5.78. The Morgan fingerprint density at radius 2 is 1.89 bits per heavy atom. The number of methoxy groups -OCH3 is 1. The molecule has 27 heavy (non-hydrogen) atoms. The summed E-state index contributed by atoms with van der Waals surface area (Å²) in [6.45, 7) is 0.269. The lowest BCUT2D eigenvalue weighted by molar-refractivity contribution is -0.260. The topological polar surface area (TPSA) is 32.8 Å². The van der Waals surface area contributed by atoms with E-state index in [0.717, 1.165) is 10.5 Å². The first kappa shape index (κ1) is 18.2. The van der Waals surface area contributed by atoms with E-state index in [1.54, 1.807) is 43.5 Å². The van der Waals surface area contributed by atoms with Gasteiger partial charge in [-0.25, -0.2) is 4.79 Å². The van der Waals surface area contributed by atoms with Crippen molar-refractivity contribution in [2.75, 3.05) is 18.6 Å². The van der Waals surface area contributed by atoms with E-state index in [9.17, 15) is 18.0 Å². The monoisotopic (exact) mass is 440 g/mol. The molecule has 1 fully saturated rings. The van der Waals surface area contributed by atoms with Gasteiger partial charge in [0, 0.05) is 23.0 Å². The number of carbonyl (C=O) groups excluding carboxylic acids is 1. The van der Waals surface area contributed by atoms with Gasteiger partial charge in [0.1, 0.15) is 5.75 Å². The Morgan fingerprint density at radius 1 is 1.19 bits per heavy atom. The smallest absolute Gasteiger partial charge is 0.416 e. The molecular weight excluding hydrogens is 425 g/mol. The summed E-state index contributed by atoms with van der Waals surface area (Å²) in [5, 5.41) is 0. The molecule has 2 amide bonds. The van der Waals surface area contributed by atoms with Crippen molar-refractivity contribution in [2.45, 2.75) is 24.7 Å². The second kappa shape index (κ2) is 6.15. The number of anilines is 1. The van der Waals surface area contributed by atoms with Crippen LogP contribution in [0, 0.1) is 0 Å². The number of hydrogen-bond acceptors (Lipinski definition) is 2. The summed E-state index contributed by atoms with van der Waals surface area (Å²) in [5.74, 6) is 0.673. The third kappa shape index (κ3) is 2.61. The number of urea groups is 1. The van der Waals surface area contributed by atoms with Gasteiger partial charge in [0.05, 0.1) is 19.3 Å². The normalized spacial score (nSPS) is 21.4. The fraction of sp³-hybridized carbons (Fsp3) is 0.316. The molecule has 0 unspecified atom stereocenters. The van der Waals surface area contributed by atoms with Crippen molar-refractivity contribution in [3.63, 3.8) is 0 Å². The van der Waals surface area contributed by atoms with E-state index in [1.165, 1.54) is 11.0 Å². The van der Waals surface area contributed by atoms with Crippen molar-refractivity contribution in [1.82, 2.24) is 4.90 Å². The molecule has 0 aromatic heterocycles. The molecule has 2 aliphatic heterocycles. The maximum Gasteiger partial charge on any atom is 0.416 e. The summed E-state index contributed by atoms with van der Waals surface area (Å²) in [6.07, 6.45) is -4.66. The molecule has 1 saturated heterocycles. The van der Waals surface area contributed by atoms with Crippen LogP contribution in [0.15, 0.2) is 46.9 Å². The SMILES string of the molecule is COc1ccc(CN2C(=O)N3CC[C@]3(C(F)(F)F)c3cc(Br)ccc32)cc1. The van der Waals surface area contributed by atoms with Crippen molar-refractivity contribution in [2.24, 2.45) is 0 Å². The number of fused-ring (bicyclic) bond motifs is 3. The minimum Gasteiger partial charge on any atom is -0.497 e. The van der Waals surface area contributed by atoms with Gasteiger partial charge in [-0.1, -0.05) is 28.1 Å². The van der Waals surface area contributed by atoms with Gasteiger partial charge >= 0.3 is 12.2 Å². The summed E-state index contributed by atoms with van der Waals surface area (Å²) in [7, 11) is 1.55. The Balaban J connectivity index is 1.79. The molecule has 0 radical (unpaired) electrons. The molecule has 0 bridgehead atoms. The van der Waals surface area contributed by atoms with Gasteiger partial charge in [0.2, 0.25) is 0 Å². The molecule has 0 spiro atoms. The highest BCUT2D eigenvalue weighted by Gasteiger charge is 2.69. The fourth-order valence-electron chi connectivity index (χ4n) is 3.82. The van der Waals surface area contributed by atoms with Gasteiger partial charge in [-0.3, -0.25) is 4.90 Å². The lowest BCUT2D eigenvalue weighted by Gasteiger charge is -2.58. The van der Waals surface area contributed by atoms with Crippen molar-refractivity contribution in [3.8, 4) is 5.75 Å². The Kier molecular flexibility index (Phi) is 4.14. The van der Waals surface area contributed by atoms with Crippen molar-refractivity contribution in [3.05, 3.63) is 58.1 Å². The zero-order valence-corrected chi connectivity index (χ0v) is 16.0. The summed E-state index contributed by atoms with van der Waals surface area (Å²) >= 11 is 3.27. The first-order valence-electron chi connectivity index (χ1n) is 8.37. The molecule has 2 aromatic carbocycles. The number of carbonyl (C=O) groups is 1. The standard InChI is InChI=1S/C19H16BrF3N2O2/c1-27-14-5-2-12(3-6-14)11-24-16-7-4-13(20)10-15(16)18(19(21,22)23)8-9-25(18)17(24)26/h2-7,10H,8-9,11H2,1H3/t18-/m1/s1. The van der Waals surface area contributed by atoms with Crippen LogP contribution in [0.5, 0.6) is 5.75 Å². The molecule has 8 heteroatoms. The van der Waals surface area contributed by atoms with Crippen molar-refractivity contribution < 1.29 is 22.7 Å². The second-order valence-electron chi connectivity index (χ2n) is 6.64. The molecule has 2 heterocycles. The predicted molar refractivity (Wildman–Crippen MR) is 97.8 cm³/mol. The highest BCUT2D eigenvalue weighted by molar-refractivity contribution is 9.10. The largest absolute Gasteiger partial charge is 0.497 e. The van der Waals surface area contributed by atoms with Gasteiger partial charge in [-0.2, -0.15) is 13.2 Å². The van der Waals surface area contributed by atoms with E-state index in [2.05, 4.69) is 15.9 Å². The molecule has 2 aliphatic rings. The van der Waals surface area contributed by atoms with Gasteiger partial charge in [-0.05, 0) is 35.9 Å². The van der Waals surface area contributed by atoms with E-state index in [4.69, 9.17) is 4.74 Å². The van der Waals surface area contributed by atoms with Crippen LogP contribution in [-0.4, -0.2) is 30.8 Å². The molecular formula is C19H16BrF3N2O2. The van der Waals surface area contributed by atoms with Gasteiger partial charge in [0.25, 0.3) is 0 Å². The number of rotatable bonds is 3. The number of alkyl halides is 3. The molecule has 142 valence electrons. The molecule has 4 nitrogen and oxygen atoms in total. The summed E-state index contributed by atoms with van der Waals surface area (Å²) < 4.78 is 47.7. The van der Waals surface area contributed by atoms with E-state index in [1.807, 2.05) is 0 Å². The fourth-order valence-corrected chi connectivity index (χ4v) is 4.18. The second-order valence-corrected chi connectivity index (χ2v) is 7.55. The van der Waals surface area contributed by atoms with Crippen LogP contribution in [0.2, 0.25) is 0 Å².